The van der Waals surface area contributed by atoms with Crippen LogP contribution in [0.2, 0.25) is 0 Å². The number of hydrogen-bond donors (Lipinski definition) is 1. The minimum Gasteiger partial charge on any atom is -0.503 e. The number of hydrogen-bond acceptors (Lipinski definition) is 4. The first-order valence-electron chi connectivity index (χ1n) is 8.32. The Labute approximate surface area is 163 Å². The van der Waals surface area contributed by atoms with Crippen molar-refractivity contribution in [3.05, 3.63) is 6.54 Å². The molecular weight excluding hydrogens is 373 g/mol. The molecule has 23 heavy (non-hydrogen) atoms. The predicted octanol–water partition coefficient (Wildman–Crippen LogP) is 2.09. The van der Waals surface area contributed by atoms with Crippen LogP contribution in [0.4, 0.5) is 4.79 Å². The van der Waals surface area contributed by atoms with Crippen molar-refractivity contribution in [2.24, 2.45) is 5.92 Å². The second kappa shape index (κ2) is 11.4. The Morgan fingerprint density at radius 1 is 1.26 bits per heavy atom. The first-order chi connectivity index (χ1) is 10.7. The summed E-state index contributed by atoms with van der Waals surface area (Å²) in [7, 11) is 0. The van der Waals surface area contributed by atoms with Gasteiger partial charge in [0.15, 0.2) is 6.10 Å². The van der Waals surface area contributed by atoms with E-state index < -0.39 is 12.2 Å². The van der Waals surface area contributed by atoms with E-state index in [2.05, 4.69) is 5.32 Å². The summed E-state index contributed by atoms with van der Waals surface area (Å²) in [5.41, 5.74) is 0. The maximum atomic E-state index is 12.2. The molecule has 0 aromatic carbocycles. The van der Waals surface area contributed by atoms with Crippen molar-refractivity contribution >= 4 is 12.0 Å². The maximum absolute atomic E-state index is 12.2. The average Bonchev–Trinajstić information content (AvgIpc) is 2.56. The van der Waals surface area contributed by atoms with Gasteiger partial charge in [-0.05, 0) is 12.3 Å². The Hall–Kier alpha value is -0.196. The normalized spacial score (nSPS) is 20.3. The van der Waals surface area contributed by atoms with Gasteiger partial charge in [0, 0.05) is 45.8 Å². The summed E-state index contributed by atoms with van der Waals surface area (Å²) in [6.07, 6.45) is 5.43. The van der Waals surface area contributed by atoms with E-state index in [4.69, 9.17) is 9.47 Å². The predicted molar refractivity (Wildman–Crippen MR) is 82.0 cm³/mol. The number of carbonyl (C=O) groups excluding carboxylic acids is 2. The van der Waals surface area contributed by atoms with Crippen molar-refractivity contribution in [3.63, 3.8) is 0 Å². The van der Waals surface area contributed by atoms with E-state index in [1.807, 2.05) is 0 Å². The Morgan fingerprint density at radius 3 is 2.52 bits per heavy atom. The van der Waals surface area contributed by atoms with E-state index in [1.165, 1.54) is 19.3 Å². The minimum absolute atomic E-state index is 0. The monoisotopic (exact) mass is 400 g/mol. The van der Waals surface area contributed by atoms with Gasteiger partial charge in [0.2, 0.25) is 5.91 Å². The Balaban J connectivity index is 0.00000264. The van der Waals surface area contributed by atoms with Crippen molar-refractivity contribution in [1.29, 1.82) is 0 Å². The molecule has 7 heteroatoms. The molecule has 1 aliphatic carbocycles. The van der Waals surface area contributed by atoms with Crippen LogP contribution in [0.15, 0.2) is 0 Å². The van der Waals surface area contributed by atoms with E-state index in [9.17, 15) is 9.59 Å². The number of morpholine rings is 1. The molecule has 0 aromatic heterocycles. The van der Waals surface area contributed by atoms with Gasteiger partial charge in [-0.15, -0.1) is 0 Å². The van der Waals surface area contributed by atoms with Crippen molar-refractivity contribution in [2.75, 3.05) is 26.3 Å². The molecule has 6 nitrogen and oxygen atoms in total. The van der Waals surface area contributed by atoms with E-state index in [0.29, 0.717) is 38.6 Å². The van der Waals surface area contributed by atoms with E-state index in [-0.39, 0.29) is 38.6 Å². The largest absolute Gasteiger partial charge is 0.503 e. The van der Waals surface area contributed by atoms with Crippen molar-refractivity contribution < 1.29 is 51.8 Å². The molecule has 0 unspecified atom stereocenters. The standard InChI is InChI=1S/C16H27N2O4.Y/c1-2-17-15(19)14(12-13-6-4-3-5-7-13)22-16(20)18-8-10-21-11-9-18;/h2,13-14H,3-12H2,1H3,(H,17,19);/q-1;/t14-;/m0./s1. The number of amides is 2. The summed E-state index contributed by atoms with van der Waals surface area (Å²) in [6, 6.07) is 0. The van der Waals surface area contributed by atoms with Gasteiger partial charge in [-0.25, -0.2) is 11.3 Å². The summed E-state index contributed by atoms with van der Waals surface area (Å²) >= 11 is 0. The van der Waals surface area contributed by atoms with E-state index in [0.717, 1.165) is 12.8 Å². The van der Waals surface area contributed by atoms with Gasteiger partial charge < -0.3 is 19.7 Å². The summed E-state index contributed by atoms with van der Waals surface area (Å²) < 4.78 is 10.7. The van der Waals surface area contributed by atoms with Gasteiger partial charge in [0.05, 0.1) is 13.2 Å². The number of nitrogens with one attached hydrogen (secondary N) is 1. The fraction of sp³-hybridized carbons (Fsp3) is 0.812. The third-order valence-electron chi connectivity index (χ3n) is 4.36. The van der Waals surface area contributed by atoms with Gasteiger partial charge in [0.25, 0.3) is 0 Å². The zero-order valence-corrected chi connectivity index (χ0v) is 16.8. The molecule has 0 spiro atoms. The molecule has 1 saturated heterocycles. The second-order valence-corrected chi connectivity index (χ2v) is 6.01. The number of rotatable bonds is 5. The summed E-state index contributed by atoms with van der Waals surface area (Å²) in [6.45, 7) is 5.43. The molecule has 1 atom stereocenters. The van der Waals surface area contributed by atoms with Gasteiger partial charge in [-0.3, -0.25) is 4.79 Å². The van der Waals surface area contributed by atoms with Crippen LogP contribution >= 0.6 is 0 Å². The van der Waals surface area contributed by atoms with Crippen LogP contribution in [0.5, 0.6) is 0 Å². The Morgan fingerprint density at radius 2 is 1.91 bits per heavy atom. The molecule has 129 valence electrons. The third kappa shape index (κ3) is 7.06. The van der Waals surface area contributed by atoms with Gasteiger partial charge >= 0.3 is 6.09 Å². The molecule has 2 aliphatic rings. The Kier molecular flexibility index (Phi) is 10.3. The Bertz CT molecular complexity index is 369. The van der Waals surface area contributed by atoms with Crippen LogP contribution in [-0.4, -0.2) is 49.3 Å². The van der Waals surface area contributed by atoms with Crippen LogP contribution in [0, 0.1) is 12.5 Å². The number of ether oxygens (including phenoxy) is 2. The third-order valence-corrected chi connectivity index (χ3v) is 4.36. The van der Waals surface area contributed by atoms with Crippen LogP contribution in [0.1, 0.15) is 45.4 Å². The van der Waals surface area contributed by atoms with Crippen molar-refractivity contribution in [3.8, 4) is 0 Å². The molecule has 1 aliphatic heterocycles. The molecule has 0 bridgehead atoms. The molecule has 2 fully saturated rings. The molecule has 1 N–H and O–H groups in total. The average molecular weight is 400 g/mol. The first kappa shape index (κ1) is 20.8. The van der Waals surface area contributed by atoms with Gasteiger partial charge in [-0.2, -0.15) is 6.92 Å². The van der Waals surface area contributed by atoms with Crippen LogP contribution in [0.3, 0.4) is 0 Å². The second-order valence-electron chi connectivity index (χ2n) is 6.01. The fourth-order valence-electron chi connectivity index (χ4n) is 3.11. The zero-order valence-electron chi connectivity index (χ0n) is 14.0. The van der Waals surface area contributed by atoms with Gasteiger partial charge in [-0.1, -0.05) is 32.1 Å². The summed E-state index contributed by atoms with van der Waals surface area (Å²) in [4.78, 5) is 26.0. The summed E-state index contributed by atoms with van der Waals surface area (Å²) in [5.74, 6) is 0.244. The quantitative estimate of drug-likeness (QED) is 0.718. The molecule has 0 aromatic rings. The maximum Gasteiger partial charge on any atom is 0.410 e. The van der Waals surface area contributed by atoms with Crippen LogP contribution < -0.4 is 5.32 Å². The molecule has 1 heterocycles. The molecule has 2 rings (SSSR count). The van der Waals surface area contributed by atoms with E-state index in [1.54, 1.807) is 18.4 Å². The zero-order chi connectivity index (χ0) is 15.8. The summed E-state index contributed by atoms with van der Waals surface area (Å²) in [5, 5.41) is 2.66. The topological polar surface area (TPSA) is 67.9 Å². The number of carbonyl (C=O) groups is 2. The first-order valence-corrected chi connectivity index (χ1v) is 8.32. The van der Waals surface area contributed by atoms with Gasteiger partial charge in [0.1, 0.15) is 0 Å². The number of nitrogens with zero attached hydrogens (tertiary/aromatic N) is 1. The molecule has 2 amide bonds. The fourth-order valence-corrected chi connectivity index (χ4v) is 3.11. The SMILES string of the molecule is C[CH-]NC(=O)[C@H](CC1CCCCC1)OC(=O)N1CCOCC1.[Y]. The van der Waals surface area contributed by atoms with Crippen molar-refractivity contribution in [1.82, 2.24) is 10.2 Å². The van der Waals surface area contributed by atoms with Crippen LogP contribution in [-0.2, 0) is 47.0 Å². The minimum atomic E-state index is -0.699. The molecule has 1 radical (unpaired) electrons. The van der Waals surface area contributed by atoms with Crippen molar-refractivity contribution in [2.45, 2.75) is 51.6 Å². The smallest absolute Gasteiger partial charge is 0.410 e. The van der Waals surface area contributed by atoms with Crippen LogP contribution in [0.25, 0.3) is 0 Å². The molecular formula is C16H27N2O4Y-. The molecule has 1 saturated carbocycles. The van der Waals surface area contributed by atoms with E-state index >= 15 is 0 Å².